The third-order valence-corrected chi connectivity index (χ3v) is 0.766. The minimum Gasteiger partial charge on any atom is -0.428 e. The molecule has 0 N–H and O–H groups in total. The van der Waals surface area contributed by atoms with E-state index in [9.17, 15) is 9.59 Å². The summed E-state index contributed by atoms with van der Waals surface area (Å²) < 4.78 is 8.77. The predicted octanol–water partition coefficient (Wildman–Crippen LogP) is 0.626. The van der Waals surface area contributed by atoms with E-state index in [1.54, 1.807) is 6.92 Å². The highest BCUT2D eigenvalue weighted by atomic mass is 16.7. The standard InChI is InChI=1S/C7H10O4/c1-3-4-7(9)11-5-10-6(2)8/h3-4H,5H2,1-2H3. The fourth-order valence-corrected chi connectivity index (χ4v) is 0.355. The summed E-state index contributed by atoms with van der Waals surface area (Å²) in [4.78, 5) is 20.7. The number of hydrogen-bond donors (Lipinski definition) is 0. The average Bonchev–Trinajstić information content (AvgIpc) is 1.87. The zero-order valence-corrected chi connectivity index (χ0v) is 6.49. The minimum absolute atomic E-state index is 0.321. The quantitative estimate of drug-likeness (QED) is 0.343. The summed E-state index contributed by atoms with van der Waals surface area (Å²) in [6.07, 6.45) is 2.78. The first-order chi connectivity index (χ1) is 5.16. The third kappa shape index (κ3) is 6.57. The summed E-state index contributed by atoms with van der Waals surface area (Å²) in [5.74, 6) is -0.993. The van der Waals surface area contributed by atoms with Gasteiger partial charge in [-0.05, 0) is 6.92 Å². The molecule has 0 rings (SSSR count). The summed E-state index contributed by atoms with van der Waals surface area (Å²) in [6, 6.07) is 0. The monoisotopic (exact) mass is 158 g/mol. The van der Waals surface area contributed by atoms with Gasteiger partial charge in [-0.25, -0.2) is 4.79 Å². The highest BCUT2D eigenvalue weighted by Gasteiger charge is 1.96. The van der Waals surface area contributed by atoms with E-state index in [0.717, 1.165) is 0 Å². The molecule has 11 heavy (non-hydrogen) atoms. The Labute approximate surface area is 64.8 Å². The number of hydrogen-bond acceptors (Lipinski definition) is 4. The Hall–Kier alpha value is -1.32. The molecule has 0 bridgehead atoms. The van der Waals surface area contributed by atoms with E-state index < -0.39 is 11.9 Å². The summed E-state index contributed by atoms with van der Waals surface area (Å²) in [5.41, 5.74) is 0. The van der Waals surface area contributed by atoms with Crippen LogP contribution in [0.1, 0.15) is 13.8 Å². The molecule has 0 amide bonds. The first kappa shape index (κ1) is 9.68. The van der Waals surface area contributed by atoms with Crippen LogP contribution in [0.5, 0.6) is 0 Å². The van der Waals surface area contributed by atoms with Gasteiger partial charge in [-0.1, -0.05) is 6.08 Å². The lowest BCUT2D eigenvalue weighted by molar-refractivity contribution is -0.162. The normalized spacial score (nSPS) is 9.64. The van der Waals surface area contributed by atoms with Gasteiger partial charge in [0.2, 0.25) is 6.79 Å². The molecule has 0 aromatic heterocycles. The Bertz CT molecular complexity index is 171. The molecule has 0 aromatic rings. The summed E-state index contributed by atoms with van der Waals surface area (Å²) in [7, 11) is 0. The predicted molar refractivity (Wildman–Crippen MR) is 37.5 cm³/mol. The van der Waals surface area contributed by atoms with Gasteiger partial charge in [-0.2, -0.15) is 0 Å². The molecule has 0 unspecified atom stereocenters. The average molecular weight is 158 g/mol. The Morgan fingerprint density at radius 2 is 2.00 bits per heavy atom. The van der Waals surface area contributed by atoms with Gasteiger partial charge in [-0.15, -0.1) is 0 Å². The van der Waals surface area contributed by atoms with Gasteiger partial charge >= 0.3 is 11.9 Å². The van der Waals surface area contributed by atoms with E-state index in [2.05, 4.69) is 9.47 Å². The molecular formula is C7H10O4. The molecule has 4 heteroatoms. The van der Waals surface area contributed by atoms with Crippen LogP contribution in [0.4, 0.5) is 0 Å². The molecule has 0 aliphatic heterocycles. The van der Waals surface area contributed by atoms with E-state index in [-0.39, 0.29) is 6.79 Å². The van der Waals surface area contributed by atoms with Crippen LogP contribution in [0.25, 0.3) is 0 Å². The first-order valence-corrected chi connectivity index (χ1v) is 3.09. The van der Waals surface area contributed by atoms with Gasteiger partial charge in [0.1, 0.15) is 0 Å². The Morgan fingerprint density at radius 3 is 2.45 bits per heavy atom. The van der Waals surface area contributed by atoms with Crippen molar-refractivity contribution in [2.75, 3.05) is 6.79 Å². The van der Waals surface area contributed by atoms with Crippen molar-refractivity contribution in [3.63, 3.8) is 0 Å². The number of ether oxygens (including phenoxy) is 2. The maximum absolute atomic E-state index is 10.5. The molecule has 0 heterocycles. The summed E-state index contributed by atoms with van der Waals surface area (Å²) in [6.45, 7) is 2.61. The topological polar surface area (TPSA) is 52.6 Å². The van der Waals surface area contributed by atoms with E-state index >= 15 is 0 Å². The lowest BCUT2D eigenvalue weighted by Gasteiger charge is -2.00. The van der Waals surface area contributed by atoms with Crippen LogP contribution in [0, 0.1) is 0 Å². The molecule has 0 aromatic carbocycles. The highest BCUT2D eigenvalue weighted by Crippen LogP contribution is 1.83. The minimum atomic E-state index is -0.520. The number of carbonyl (C=O) groups excluding carboxylic acids is 2. The Kier molecular flexibility index (Phi) is 4.81. The highest BCUT2D eigenvalue weighted by molar-refractivity contribution is 5.81. The third-order valence-electron chi connectivity index (χ3n) is 0.766. The van der Waals surface area contributed by atoms with E-state index in [0.29, 0.717) is 0 Å². The Morgan fingerprint density at radius 1 is 1.36 bits per heavy atom. The molecule has 0 aliphatic carbocycles. The van der Waals surface area contributed by atoms with Gasteiger partial charge in [0.15, 0.2) is 0 Å². The van der Waals surface area contributed by atoms with Crippen LogP contribution in [0.2, 0.25) is 0 Å². The van der Waals surface area contributed by atoms with Crippen molar-refractivity contribution in [2.45, 2.75) is 13.8 Å². The zero-order chi connectivity index (χ0) is 8.69. The van der Waals surface area contributed by atoms with Crippen LogP contribution in [0.3, 0.4) is 0 Å². The van der Waals surface area contributed by atoms with Gasteiger partial charge < -0.3 is 9.47 Å². The maximum atomic E-state index is 10.5. The smallest absolute Gasteiger partial charge is 0.333 e. The van der Waals surface area contributed by atoms with Gasteiger partial charge in [0.25, 0.3) is 0 Å². The van der Waals surface area contributed by atoms with E-state index in [1.165, 1.54) is 19.1 Å². The molecular weight excluding hydrogens is 148 g/mol. The van der Waals surface area contributed by atoms with Gasteiger partial charge in [-0.3, -0.25) is 4.79 Å². The summed E-state index contributed by atoms with van der Waals surface area (Å²) >= 11 is 0. The number of esters is 2. The SMILES string of the molecule is CC=CC(=O)OCOC(C)=O. The van der Waals surface area contributed by atoms with Crippen LogP contribution in [0.15, 0.2) is 12.2 Å². The molecule has 0 fully saturated rings. The van der Waals surface area contributed by atoms with Gasteiger partial charge in [0.05, 0.1) is 0 Å². The van der Waals surface area contributed by atoms with Crippen molar-refractivity contribution < 1.29 is 19.1 Å². The van der Waals surface area contributed by atoms with Crippen molar-refractivity contribution >= 4 is 11.9 Å². The molecule has 0 spiro atoms. The molecule has 0 saturated heterocycles. The fourth-order valence-electron chi connectivity index (χ4n) is 0.355. The van der Waals surface area contributed by atoms with Crippen molar-refractivity contribution in [1.82, 2.24) is 0 Å². The molecule has 0 radical (unpaired) electrons. The number of rotatable bonds is 3. The second-order valence-electron chi connectivity index (χ2n) is 1.72. The van der Waals surface area contributed by atoms with Crippen molar-refractivity contribution in [3.05, 3.63) is 12.2 Å². The van der Waals surface area contributed by atoms with Gasteiger partial charge in [0, 0.05) is 13.0 Å². The van der Waals surface area contributed by atoms with E-state index in [4.69, 9.17) is 0 Å². The van der Waals surface area contributed by atoms with Crippen LogP contribution < -0.4 is 0 Å². The lowest BCUT2D eigenvalue weighted by atomic mass is 10.5. The molecule has 0 saturated carbocycles. The fraction of sp³-hybridized carbons (Fsp3) is 0.429. The number of carbonyl (C=O) groups is 2. The van der Waals surface area contributed by atoms with Crippen LogP contribution in [-0.2, 0) is 19.1 Å². The van der Waals surface area contributed by atoms with Crippen molar-refractivity contribution in [1.29, 1.82) is 0 Å². The van der Waals surface area contributed by atoms with Crippen molar-refractivity contribution in [3.8, 4) is 0 Å². The summed E-state index contributed by atoms with van der Waals surface area (Å²) in [5, 5.41) is 0. The molecule has 0 atom stereocenters. The second kappa shape index (κ2) is 5.46. The lowest BCUT2D eigenvalue weighted by Crippen LogP contribution is -2.08. The van der Waals surface area contributed by atoms with Crippen LogP contribution in [-0.4, -0.2) is 18.7 Å². The Balaban J connectivity index is 3.39. The second-order valence-corrected chi connectivity index (χ2v) is 1.72. The maximum Gasteiger partial charge on any atom is 0.333 e. The molecule has 4 nitrogen and oxygen atoms in total. The van der Waals surface area contributed by atoms with Crippen molar-refractivity contribution in [2.24, 2.45) is 0 Å². The first-order valence-electron chi connectivity index (χ1n) is 3.09. The van der Waals surface area contributed by atoms with E-state index in [1.807, 2.05) is 0 Å². The number of allylic oxidation sites excluding steroid dienone is 1. The molecule has 0 aliphatic rings. The molecule has 62 valence electrons. The van der Waals surface area contributed by atoms with Crippen LogP contribution >= 0.6 is 0 Å². The largest absolute Gasteiger partial charge is 0.428 e. The zero-order valence-electron chi connectivity index (χ0n) is 6.49.